The third-order valence-corrected chi connectivity index (χ3v) is 0.766. The van der Waals surface area contributed by atoms with Gasteiger partial charge in [0, 0.05) is 0 Å². The van der Waals surface area contributed by atoms with E-state index in [0.29, 0.717) is 0 Å². The molecule has 0 N–H and O–H groups in total. The van der Waals surface area contributed by atoms with Crippen LogP contribution in [-0.4, -0.2) is 12.9 Å². The lowest BCUT2D eigenvalue weighted by molar-refractivity contribution is -0.340. The van der Waals surface area contributed by atoms with Crippen LogP contribution in [0.4, 0.5) is 0 Å². The summed E-state index contributed by atoms with van der Waals surface area (Å²) in [6.07, 6.45) is 0.183. The average molecular weight is 138 g/mol. The number of aldehydes is 1. The second kappa shape index (κ2) is 2.94. The van der Waals surface area contributed by atoms with Crippen molar-refractivity contribution in [1.82, 2.24) is 0 Å². The average Bonchev–Trinajstić information content (AvgIpc) is 1.59. The first kappa shape index (κ1) is 7.78. The van der Waals surface area contributed by atoms with Gasteiger partial charge in [0.1, 0.15) is 12.9 Å². The van der Waals surface area contributed by atoms with Crippen LogP contribution >= 0.6 is 7.82 Å². The van der Waals surface area contributed by atoms with Gasteiger partial charge in [-0.05, 0) is 0 Å². The number of hydrogen-bond donors (Lipinski definition) is 0. The second-order valence-corrected chi connectivity index (χ2v) is 2.06. The molecular formula is C2H3O5P-2. The highest BCUT2D eigenvalue weighted by Crippen LogP contribution is 2.22. The number of hydrogen-bond acceptors (Lipinski definition) is 5. The van der Waals surface area contributed by atoms with Gasteiger partial charge in [0.2, 0.25) is 0 Å². The molecule has 0 radical (unpaired) electrons. The minimum Gasteiger partial charge on any atom is -0.790 e. The van der Waals surface area contributed by atoms with E-state index in [-0.39, 0.29) is 6.29 Å². The fraction of sp³-hybridized carbons (Fsp3) is 0.500. The first-order valence-corrected chi connectivity index (χ1v) is 3.12. The Labute approximate surface area is 45.5 Å². The number of rotatable bonds is 3. The summed E-state index contributed by atoms with van der Waals surface area (Å²) >= 11 is 0. The highest BCUT2D eigenvalue weighted by molar-refractivity contribution is 7.43. The molecule has 0 aromatic rings. The molecule has 0 saturated heterocycles. The van der Waals surface area contributed by atoms with E-state index in [1.807, 2.05) is 0 Å². The minimum absolute atomic E-state index is 0.183. The van der Waals surface area contributed by atoms with Crippen LogP contribution in [0.1, 0.15) is 0 Å². The van der Waals surface area contributed by atoms with Crippen molar-refractivity contribution in [3.63, 3.8) is 0 Å². The van der Waals surface area contributed by atoms with E-state index in [1.54, 1.807) is 0 Å². The Balaban J connectivity index is 3.40. The summed E-state index contributed by atoms with van der Waals surface area (Å²) < 4.78 is 12.9. The van der Waals surface area contributed by atoms with Crippen LogP contribution in [0.5, 0.6) is 0 Å². The lowest BCUT2D eigenvalue weighted by Gasteiger charge is -2.26. The Bertz CT molecular complexity index is 114. The van der Waals surface area contributed by atoms with Gasteiger partial charge >= 0.3 is 0 Å². The van der Waals surface area contributed by atoms with Crippen LogP contribution in [0.2, 0.25) is 0 Å². The molecule has 0 unspecified atom stereocenters. The fourth-order valence-electron chi connectivity index (χ4n) is 0.122. The van der Waals surface area contributed by atoms with E-state index in [4.69, 9.17) is 0 Å². The van der Waals surface area contributed by atoms with Crippen LogP contribution in [-0.2, 0) is 13.9 Å². The van der Waals surface area contributed by atoms with Crippen LogP contribution in [0.25, 0.3) is 0 Å². The van der Waals surface area contributed by atoms with Crippen molar-refractivity contribution in [3.8, 4) is 0 Å². The normalized spacial score (nSPS) is 11.2. The largest absolute Gasteiger partial charge is 0.790 e. The summed E-state index contributed by atoms with van der Waals surface area (Å²) in [6.45, 7) is -0.690. The SMILES string of the molecule is O=CCOP(=O)([O-])[O-]. The van der Waals surface area contributed by atoms with Gasteiger partial charge in [-0.3, -0.25) is 0 Å². The molecule has 0 amide bonds. The molecule has 0 spiro atoms. The van der Waals surface area contributed by atoms with Gasteiger partial charge in [-0.1, -0.05) is 0 Å². The van der Waals surface area contributed by atoms with Crippen molar-refractivity contribution in [3.05, 3.63) is 0 Å². The molecule has 0 aliphatic carbocycles. The van der Waals surface area contributed by atoms with Gasteiger partial charge in [0.25, 0.3) is 0 Å². The van der Waals surface area contributed by atoms with Crippen LogP contribution < -0.4 is 9.79 Å². The Morgan fingerprint density at radius 3 is 2.25 bits per heavy atom. The van der Waals surface area contributed by atoms with E-state index >= 15 is 0 Å². The number of phosphoric acid groups is 1. The molecule has 6 heteroatoms. The highest BCUT2D eigenvalue weighted by Gasteiger charge is 1.85. The van der Waals surface area contributed by atoms with Gasteiger partial charge in [0.05, 0.1) is 7.82 Å². The summed E-state index contributed by atoms with van der Waals surface area (Å²) in [5.74, 6) is 0. The van der Waals surface area contributed by atoms with E-state index < -0.39 is 14.4 Å². The molecule has 0 aliphatic rings. The lowest BCUT2D eigenvalue weighted by atomic mass is 10.9. The van der Waals surface area contributed by atoms with Crippen molar-refractivity contribution in [2.45, 2.75) is 0 Å². The molecule has 8 heavy (non-hydrogen) atoms. The predicted molar refractivity (Wildman–Crippen MR) is 19.6 cm³/mol. The maximum absolute atomic E-state index is 9.48. The van der Waals surface area contributed by atoms with Crippen molar-refractivity contribution < 1.29 is 23.7 Å². The number of carbonyl (C=O) groups excluding carboxylic acids is 1. The summed E-state index contributed by atoms with van der Waals surface area (Å²) in [5, 5.41) is 0. The molecule has 0 rings (SSSR count). The summed E-state index contributed by atoms with van der Waals surface area (Å²) in [7, 11) is -4.91. The third kappa shape index (κ3) is 5.78. The molecule has 48 valence electrons. The molecule has 5 nitrogen and oxygen atoms in total. The van der Waals surface area contributed by atoms with E-state index in [1.165, 1.54) is 0 Å². The zero-order chi connectivity index (χ0) is 6.62. The highest BCUT2D eigenvalue weighted by atomic mass is 31.2. The standard InChI is InChI=1S/C2H5O5P/c3-1-2-7-8(4,5)6/h1H,2H2,(H2,4,5,6)/p-2. The summed E-state index contributed by atoms with van der Waals surface area (Å²) in [5.41, 5.74) is 0. The predicted octanol–water partition coefficient (Wildman–Crippen LogP) is -1.97. The molecule has 0 aliphatic heterocycles. The topological polar surface area (TPSA) is 89.5 Å². The fourth-order valence-corrected chi connectivity index (χ4v) is 0.365. The van der Waals surface area contributed by atoms with Crippen molar-refractivity contribution in [1.29, 1.82) is 0 Å². The Kier molecular flexibility index (Phi) is 2.86. The summed E-state index contributed by atoms with van der Waals surface area (Å²) in [6, 6.07) is 0. The van der Waals surface area contributed by atoms with E-state index in [2.05, 4.69) is 4.52 Å². The maximum atomic E-state index is 9.48. The van der Waals surface area contributed by atoms with Gasteiger partial charge in [0.15, 0.2) is 0 Å². The number of phosphoric ester groups is 1. The molecule has 0 aromatic heterocycles. The number of carbonyl (C=O) groups is 1. The quantitative estimate of drug-likeness (QED) is 0.333. The molecular weight excluding hydrogens is 135 g/mol. The van der Waals surface area contributed by atoms with Crippen LogP contribution in [0.15, 0.2) is 0 Å². The first-order chi connectivity index (χ1) is 3.56. The van der Waals surface area contributed by atoms with E-state index in [9.17, 15) is 19.1 Å². The zero-order valence-corrected chi connectivity index (χ0v) is 4.67. The Morgan fingerprint density at radius 1 is 1.62 bits per heavy atom. The lowest BCUT2D eigenvalue weighted by Crippen LogP contribution is -2.16. The maximum Gasteiger partial charge on any atom is 0.146 e. The zero-order valence-electron chi connectivity index (χ0n) is 3.77. The van der Waals surface area contributed by atoms with Gasteiger partial charge in [-0.25, -0.2) is 0 Å². The molecule has 0 saturated carbocycles. The van der Waals surface area contributed by atoms with Gasteiger partial charge < -0.3 is 23.7 Å². The first-order valence-electron chi connectivity index (χ1n) is 1.66. The van der Waals surface area contributed by atoms with Crippen LogP contribution in [0, 0.1) is 0 Å². The van der Waals surface area contributed by atoms with Crippen molar-refractivity contribution in [2.75, 3.05) is 6.61 Å². The summed E-state index contributed by atoms with van der Waals surface area (Å²) in [4.78, 5) is 28.3. The van der Waals surface area contributed by atoms with Gasteiger partial charge in [-0.15, -0.1) is 0 Å². The van der Waals surface area contributed by atoms with Crippen molar-refractivity contribution in [2.24, 2.45) is 0 Å². The van der Waals surface area contributed by atoms with Gasteiger partial charge in [-0.2, -0.15) is 0 Å². The third-order valence-electron chi connectivity index (χ3n) is 0.301. The van der Waals surface area contributed by atoms with Crippen molar-refractivity contribution >= 4 is 14.1 Å². The smallest absolute Gasteiger partial charge is 0.146 e. The Morgan fingerprint density at radius 2 is 2.12 bits per heavy atom. The van der Waals surface area contributed by atoms with E-state index in [0.717, 1.165) is 0 Å². The molecule has 0 aromatic carbocycles. The molecule has 0 atom stereocenters. The second-order valence-electron chi connectivity index (χ2n) is 0.910. The molecule has 0 heterocycles. The molecule has 0 fully saturated rings. The monoisotopic (exact) mass is 138 g/mol. The molecule has 0 bridgehead atoms. The Hall–Kier alpha value is -0.220. The minimum atomic E-state index is -4.91. The van der Waals surface area contributed by atoms with Crippen LogP contribution in [0.3, 0.4) is 0 Å².